The molecule has 0 fully saturated rings. The molecule has 208 valence electrons. The van der Waals surface area contributed by atoms with Gasteiger partial charge in [0, 0.05) is 5.69 Å². The third kappa shape index (κ3) is 7.75. The third-order valence-electron chi connectivity index (χ3n) is 5.79. The van der Waals surface area contributed by atoms with Crippen molar-refractivity contribution in [3.63, 3.8) is 0 Å². The average Bonchev–Trinajstić information content (AvgIpc) is 2.97. The Morgan fingerprint density at radius 3 is 2.32 bits per heavy atom. The second kappa shape index (κ2) is 13.2. The summed E-state index contributed by atoms with van der Waals surface area (Å²) in [5.74, 6) is 0.0298. The predicted molar refractivity (Wildman–Crippen MR) is 159 cm³/mol. The van der Waals surface area contributed by atoms with Gasteiger partial charge in [0.25, 0.3) is 5.91 Å². The molecule has 4 rings (SSSR count). The molecule has 0 spiro atoms. The monoisotopic (exact) mass is 632 g/mol. The van der Waals surface area contributed by atoms with Gasteiger partial charge in [-0.25, -0.2) is 0 Å². The molecule has 10 heteroatoms. The zero-order valence-corrected chi connectivity index (χ0v) is 24.5. The fourth-order valence-electron chi connectivity index (χ4n) is 3.66. The van der Waals surface area contributed by atoms with E-state index in [1.807, 2.05) is 43.3 Å². The Balaban J connectivity index is 1.47. The SMILES string of the molecule is COc1cc(/C=C(\C#N)C(=O)Nc2ccc(OCc3ccccc3)cc2)cc(Br)c1OS(=O)(=O)c1ccc(C)cc1. The summed E-state index contributed by atoms with van der Waals surface area (Å²) in [7, 11) is -2.79. The van der Waals surface area contributed by atoms with Crippen molar-refractivity contribution in [2.24, 2.45) is 0 Å². The number of carbonyl (C=O) groups is 1. The van der Waals surface area contributed by atoms with Gasteiger partial charge < -0.3 is 19.0 Å². The second-order valence-corrected chi connectivity index (χ2v) is 11.2. The highest BCUT2D eigenvalue weighted by Crippen LogP contribution is 2.39. The van der Waals surface area contributed by atoms with Gasteiger partial charge in [-0.05, 0) is 88.6 Å². The third-order valence-corrected chi connectivity index (χ3v) is 7.62. The number of methoxy groups -OCH3 is 1. The van der Waals surface area contributed by atoms with Crippen LogP contribution in [0.25, 0.3) is 6.08 Å². The van der Waals surface area contributed by atoms with Crippen LogP contribution in [0.5, 0.6) is 17.2 Å². The van der Waals surface area contributed by atoms with Crippen molar-refractivity contribution in [3.8, 4) is 23.3 Å². The summed E-state index contributed by atoms with van der Waals surface area (Å²) < 4.78 is 42.4. The second-order valence-electron chi connectivity index (χ2n) is 8.81. The van der Waals surface area contributed by atoms with E-state index in [-0.39, 0.29) is 26.4 Å². The summed E-state index contributed by atoms with van der Waals surface area (Å²) >= 11 is 3.32. The number of nitriles is 1. The van der Waals surface area contributed by atoms with E-state index in [1.54, 1.807) is 36.4 Å². The molecule has 4 aromatic carbocycles. The number of aryl methyl sites for hydroxylation is 1. The number of nitrogens with zero attached hydrogens (tertiary/aromatic N) is 1. The first kappa shape index (κ1) is 29.4. The van der Waals surface area contributed by atoms with Gasteiger partial charge in [0.15, 0.2) is 11.5 Å². The van der Waals surface area contributed by atoms with Crippen LogP contribution in [0.1, 0.15) is 16.7 Å². The summed E-state index contributed by atoms with van der Waals surface area (Å²) in [5.41, 5.74) is 2.65. The first-order chi connectivity index (χ1) is 19.7. The van der Waals surface area contributed by atoms with Gasteiger partial charge in [0.2, 0.25) is 0 Å². The van der Waals surface area contributed by atoms with Gasteiger partial charge in [-0.1, -0.05) is 48.0 Å². The summed E-state index contributed by atoms with van der Waals surface area (Å²) in [4.78, 5) is 12.8. The Labute approximate surface area is 247 Å². The minimum absolute atomic E-state index is 0.0137. The molecule has 0 radical (unpaired) electrons. The molecule has 4 aromatic rings. The Bertz CT molecular complexity index is 1710. The molecule has 0 saturated heterocycles. The van der Waals surface area contributed by atoms with Crippen LogP contribution in [0.3, 0.4) is 0 Å². The summed E-state index contributed by atoms with van der Waals surface area (Å²) in [6.07, 6.45) is 1.36. The first-order valence-electron chi connectivity index (χ1n) is 12.3. The fourth-order valence-corrected chi connectivity index (χ4v) is 5.26. The van der Waals surface area contributed by atoms with Crippen LogP contribution in [0.4, 0.5) is 5.69 Å². The van der Waals surface area contributed by atoms with Crippen LogP contribution in [0.15, 0.2) is 106 Å². The van der Waals surface area contributed by atoms with Gasteiger partial charge in [0.1, 0.15) is 28.9 Å². The number of ether oxygens (including phenoxy) is 2. The number of nitrogens with one attached hydrogen (secondary N) is 1. The minimum Gasteiger partial charge on any atom is -0.493 e. The quantitative estimate of drug-likeness (QED) is 0.118. The molecule has 0 saturated carbocycles. The lowest BCUT2D eigenvalue weighted by molar-refractivity contribution is -0.112. The summed E-state index contributed by atoms with van der Waals surface area (Å²) in [5, 5.41) is 12.4. The molecule has 0 aromatic heterocycles. The number of rotatable bonds is 10. The van der Waals surface area contributed by atoms with Crippen molar-refractivity contribution in [3.05, 3.63) is 118 Å². The maximum absolute atomic E-state index is 12.8. The number of amides is 1. The molecule has 0 aliphatic carbocycles. The van der Waals surface area contributed by atoms with E-state index in [0.29, 0.717) is 23.6 Å². The van der Waals surface area contributed by atoms with Crippen molar-refractivity contribution in [2.45, 2.75) is 18.4 Å². The van der Waals surface area contributed by atoms with Crippen LogP contribution in [0, 0.1) is 18.3 Å². The van der Waals surface area contributed by atoms with E-state index in [0.717, 1.165) is 11.1 Å². The van der Waals surface area contributed by atoms with Crippen molar-refractivity contribution in [2.75, 3.05) is 12.4 Å². The predicted octanol–water partition coefficient (Wildman–Crippen LogP) is 6.66. The highest BCUT2D eigenvalue weighted by molar-refractivity contribution is 9.10. The molecule has 0 atom stereocenters. The van der Waals surface area contributed by atoms with Gasteiger partial charge >= 0.3 is 10.1 Å². The highest BCUT2D eigenvalue weighted by atomic mass is 79.9. The lowest BCUT2D eigenvalue weighted by Gasteiger charge is -2.14. The van der Waals surface area contributed by atoms with Crippen LogP contribution in [-0.2, 0) is 21.5 Å². The number of anilines is 1. The number of halogens is 1. The zero-order valence-electron chi connectivity index (χ0n) is 22.1. The molecule has 0 unspecified atom stereocenters. The molecular formula is C31H25BrN2O6S. The van der Waals surface area contributed by atoms with Gasteiger partial charge in [-0.15, -0.1) is 0 Å². The zero-order chi connectivity index (χ0) is 29.4. The molecule has 0 aliphatic rings. The number of carbonyl (C=O) groups excluding carboxylic acids is 1. The Hall–Kier alpha value is -4.59. The van der Waals surface area contributed by atoms with E-state index < -0.39 is 16.0 Å². The van der Waals surface area contributed by atoms with Crippen LogP contribution in [0.2, 0.25) is 0 Å². The number of benzene rings is 4. The Morgan fingerprint density at radius 1 is 1.00 bits per heavy atom. The molecular weight excluding hydrogens is 608 g/mol. The van der Waals surface area contributed by atoms with Crippen LogP contribution >= 0.6 is 15.9 Å². The molecule has 0 bridgehead atoms. The smallest absolute Gasteiger partial charge is 0.339 e. The maximum Gasteiger partial charge on any atom is 0.339 e. The molecule has 1 amide bonds. The van der Waals surface area contributed by atoms with E-state index in [2.05, 4.69) is 21.2 Å². The Morgan fingerprint density at radius 2 is 1.68 bits per heavy atom. The summed E-state index contributed by atoms with van der Waals surface area (Å²) in [6.45, 7) is 2.26. The van der Waals surface area contributed by atoms with E-state index in [1.165, 1.54) is 37.5 Å². The topological polar surface area (TPSA) is 115 Å². The van der Waals surface area contributed by atoms with Crippen LogP contribution < -0.4 is 19.0 Å². The van der Waals surface area contributed by atoms with Gasteiger partial charge in [0.05, 0.1) is 11.6 Å². The standard InChI is InChI=1S/C31H25BrN2O6S/c1-21-8-14-27(15-9-21)41(36,37)40-30-28(32)17-23(18-29(30)38-2)16-24(19-33)31(35)34-25-10-12-26(13-11-25)39-20-22-6-4-3-5-7-22/h3-18H,20H2,1-2H3,(H,34,35)/b24-16+. The number of hydrogen-bond acceptors (Lipinski definition) is 7. The van der Waals surface area contributed by atoms with Gasteiger partial charge in [-0.3, -0.25) is 4.79 Å². The van der Waals surface area contributed by atoms with E-state index in [4.69, 9.17) is 13.7 Å². The average molecular weight is 634 g/mol. The molecule has 0 heterocycles. The van der Waals surface area contributed by atoms with Gasteiger partial charge in [-0.2, -0.15) is 13.7 Å². The minimum atomic E-state index is -4.15. The first-order valence-corrected chi connectivity index (χ1v) is 14.5. The van der Waals surface area contributed by atoms with Crippen molar-refractivity contribution in [1.82, 2.24) is 0 Å². The Kier molecular flexibility index (Phi) is 9.45. The highest BCUT2D eigenvalue weighted by Gasteiger charge is 2.22. The summed E-state index contributed by atoms with van der Waals surface area (Å²) in [6, 6.07) is 27.6. The molecule has 8 nitrogen and oxygen atoms in total. The normalized spacial score (nSPS) is 11.3. The van der Waals surface area contributed by atoms with Crippen molar-refractivity contribution in [1.29, 1.82) is 5.26 Å². The van der Waals surface area contributed by atoms with E-state index >= 15 is 0 Å². The maximum atomic E-state index is 12.8. The fraction of sp³-hybridized carbons (Fsp3) is 0.0968. The lowest BCUT2D eigenvalue weighted by Crippen LogP contribution is -2.13. The van der Waals surface area contributed by atoms with Crippen LogP contribution in [-0.4, -0.2) is 21.4 Å². The lowest BCUT2D eigenvalue weighted by atomic mass is 10.1. The van der Waals surface area contributed by atoms with Crippen molar-refractivity contribution < 1.29 is 26.9 Å². The largest absolute Gasteiger partial charge is 0.493 e. The van der Waals surface area contributed by atoms with E-state index in [9.17, 15) is 18.5 Å². The van der Waals surface area contributed by atoms with Crippen molar-refractivity contribution >= 4 is 43.7 Å². The molecule has 1 N–H and O–H groups in total. The molecule has 41 heavy (non-hydrogen) atoms. The molecule has 0 aliphatic heterocycles. The number of hydrogen-bond donors (Lipinski definition) is 1.